The quantitative estimate of drug-likeness (QED) is 0.886. The molecule has 0 amide bonds. The van der Waals surface area contributed by atoms with Crippen LogP contribution in [0, 0.1) is 0 Å². The molecule has 2 N–H and O–H groups in total. The third-order valence-corrected chi connectivity index (χ3v) is 3.99. The number of hydrogen-bond donors (Lipinski definition) is 1. The second-order valence-electron chi connectivity index (χ2n) is 5.29. The monoisotopic (exact) mass is 253 g/mol. The lowest BCUT2D eigenvalue weighted by Crippen LogP contribution is -2.04. The van der Waals surface area contributed by atoms with Gasteiger partial charge in [-0.1, -0.05) is 43.5 Å². The van der Waals surface area contributed by atoms with Crippen LogP contribution in [0.3, 0.4) is 0 Å². The molecule has 98 valence electrons. The average Bonchev–Trinajstić information content (AvgIpc) is 2.49. The number of nitrogen functional groups attached to an aromatic ring is 1. The highest BCUT2D eigenvalue weighted by Gasteiger charge is 2.15. The Morgan fingerprint density at radius 2 is 1.47 bits per heavy atom. The van der Waals surface area contributed by atoms with Gasteiger partial charge in [0.05, 0.1) is 0 Å². The zero-order chi connectivity index (χ0) is 13.1. The van der Waals surface area contributed by atoms with Crippen LogP contribution in [0.4, 0.5) is 5.95 Å². The van der Waals surface area contributed by atoms with Crippen molar-refractivity contribution in [3.8, 4) is 11.1 Å². The molecule has 1 aliphatic carbocycles. The van der Waals surface area contributed by atoms with E-state index in [9.17, 15) is 0 Å². The van der Waals surface area contributed by atoms with E-state index in [0.29, 0.717) is 5.95 Å². The highest BCUT2D eigenvalue weighted by Crippen LogP contribution is 2.33. The van der Waals surface area contributed by atoms with Gasteiger partial charge < -0.3 is 5.73 Å². The molecule has 3 heteroatoms. The summed E-state index contributed by atoms with van der Waals surface area (Å²) in [6.07, 6.45) is 10.4. The van der Waals surface area contributed by atoms with Crippen LogP contribution in [0.15, 0.2) is 36.7 Å². The van der Waals surface area contributed by atoms with Crippen molar-refractivity contribution < 1.29 is 0 Å². The SMILES string of the molecule is Nc1ncc(-c2ccc(C3CCCCC3)cc2)cn1. The molecule has 0 unspecified atom stereocenters. The Labute approximate surface area is 113 Å². The predicted molar refractivity (Wildman–Crippen MR) is 77.7 cm³/mol. The minimum absolute atomic E-state index is 0.322. The lowest BCUT2D eigenvalue weighted by molar-refractivity contribution is 0.443. The van der Waals surface area contributed by atoms with Gasteiger partial charge in [-0.15, -0.1) is 0 Å². The van der Waals surface area contributed by atoms with Crippen molar-refractivity contribution in [1.29, 1.82) is 0 Å². The van der Waals surface area contributed by atoms with Gasteiger partial charge in [-0.3, -0.25) is 0 Å². The van der Waals surface area contributed by atoms with Crippen molar-refractivity contribution >= 4 is 5.95 Å². The van der Waals surface area contributed by atoms with Gasteiger partial charge in [0.15, 0.2) is 0 Å². The number of anilines is 1. The number of aromatic nitrogens is 2. The van der Waals surface area contributed by atoms with Crippen LogP contribution in [0.5, 0.6) is 0 Å². The van der Waals surface area contributed by atoms with Crippen molar-refractivity contribution in [3.63, 3.8) is 0 Å². The standard InChI is InChI=1S/C16H19N3/c17-16-18-10-15(11-19-16)14-8-6-13(7-9-14)12-4-2-1-3-5-12/h6-12H,1-5H2,(H2,17,18,19). The molecule has 0 atom stereocenters. The lowest BCUT2D eigenvalue weighted by atomic mass is 9.84. The molecule has 0 saturated heterocycles. The van der Waals surface area contributed by atoms with E-state index < -0.39 is 0 Å². The third kappa shape index (κ3) is 2.75. The molecule has 1 aromatic carbocycles. The molecule has 1 aliphatic rings. The second kappa shape index (κ2) is 5.39. The van der Waals surface area contributed by atoms with Crippen LogP contribution < -0.4 is 5.73 Å². The van der Waals surface area contributed by atoms with Gasteiger partial charge in [-0.2, -0.15) is 0 Å². The van der Waals surface area contributed by atoms with Gasteiger partial charge >= 0.3 is 0 Å². The van der Waals surface area contributed by atoms with Crippen LogP contribution in [0.25, 0.3) is 11.1 Å². The maximum atomic E-state index is 5.50. The molecule has 0 spiro atoms. The maximum Gasteiger partial charge on any atom is 0.219 e. The Morgan fingerprint density at radius 3 is 2.11 bits per heavy atom. The van der Waals surface area contributed by atoms with Crippen LogP contribution in [0.1, 0.15) is 43.6 Å². The predicted octanol–water partition coefficient (Wildman–Crippen LogP) is 3.77. The number of hydrogen-bond acceptors (Lipinski definition) is 3. The molecule has 1 heterocycles. The Morgan fingerprint density at radius 1 is 0.842 bits per heavy atom. The second-order valence-corrected chi connectivity index (χ2v) is 5.29. The van der Waals surface area contributed by atoms with E-state index in [-0.39, 0.29) is 0 Å². The summed E-state index contributed by atoms with van der Waals surface area (Å²) >= 11 is 0. The Bertz CT molecular complexity index is 525. The summed E-state index contributed by atoms with van der Waals surface area (Å²) in [6, 6.07) is 8.83. The smallest absolute Gasteiger partial charge is 0.219 e. The van der Waals surface area contributed by atoms with Crippen molar-refractivity contribution in [2.24, 2.45) is 0 Å². The number of nitrogens with two attached hydrogens (primary N) is 1. The molecule has 1 saturated carbocycles. The number of nitrogens with zero attached hydrogens (tertiary/aromatic N) is 2. The summed E-state index contributed by atoms with van der Waals surface area (Å²) in [5, 5.41) is 0. The van der Waals surface area contributed by atoms with Crippen LogP contribution >= 0.6 is 0 Å². The van der Waals surface area contributed by atoms with E-state index in [1.54, 1.807) is 12.4 Å². The van der Waals surface area contributed by atoms with Gasteiger partial charge in [0.1, 0.15) is 0 Å². The molecular weight excluding hydrogens is 234 g/mol. The largest absolute Gasteiger partial charge is 0.368 e. The molecule has 1 aromatic heterocycles. The summed E-state index contributed by atoms with van der Waals surface area (Å²) in [5.74, 6) is 1.08. The van der Waals surface area contributed by atoms with Gasteiger partial charge in [0.25, 0.3) is 0 Å². The van der Waals surface area contributed by atoms with E-state index >= 15 is 0 Å². The van der Waals surface area contributed by atoms with Crippen molar-refractivity contribution in [2.75, 3.05) is 5.73 Å². The first kappa shape index (κ1) is 12.2. The van der Waals surface area contributed by atoms with Gasteiger partial charge in [-0.05, 0) is 29.9 Å². The van der Waals surface area contributed by atoms with Crippen LogP contribution in [-0.2, 0) is 0 Å². The Kier molecular flexibility index (Phi) is 3.45. The fourth-order valence-corrected chi connectivity index (χ4v) is 2.87. The highest BCUT2D eigenvalue weighted by molar-refractivity contribution is 5.62. The van der Waals surface area contributed by atoms with Gasteiger partial charge in [-0.25, -0.2) is 9.97 Å². The first-order valence-corrected chi connectivity index (χ1v) is 7.01. The number of rotatable bonds is 2. The van der Waals surface area contributed by atoms with Gasteiger partial charge in [0.2, 0.25) is 5.95 Å². The summed E-state index contributed by atoms with van der Waals surface area (Å²) < 4.78 is 0. The first-order chi connectivity index (χ1) is 9.33. The third-order valence-electron chi connectivity index (χ3n) is 3.99. The molecule has 19 heavy (non-hydrogen) atoms. The summed E-state index contributed by atoms with van der Waals surface area (Å²) in [4.78, 5) is 8.07. The fourth-order valence-electron chi connectivity index (χ4n) is 2.87. The first-order valence-electron chi connectivity index (χ1n) is 7.01. The fraction of sp³-hybridized carbons (Fsp3) is 0.375. The molecule has 0 aliphatic heterocycles. The molecule has 3 rings (SSSR count). The normalized spacial score (nSPS) is 16.4. The van der Waals surface area contributed by atoms with E-state index in [1.165, 1.54) is 37.7 Å². The Balaban J connectivity index is 1.80. The molecule has 3 nitrogen and oxygen atoms in total. The van der Waals surface area contributed by atoms with Crippen molar-refractivity contribution in [2.45, 2.75) is 38.0 Å². The zero-order valence-corrected chi connectivity index (χ0v) is 11.0. The van der Waals surface area contributed by atoms with E-state index in [1.807, 2.05) is 0 Å². The maximum absolute atomic E-state index is 5.50. The summed E-state index contributed by atoms with van der Waals surface area (Å²) in [6.45, 7) is 0. The summed E-state index contributed by atoms with van der Waals surface area (Å²) in [7, 11) is 0. The van der Waals surface area contributed by atoms with E-state index in [4.69, 9.17) is 5.73 Å². The molecule has 1 fully saturated rings. The molecule has 0 radical (unpaired) electrons. The van der Waals surface area contributed by atoms with Crippen molar-refractivity contribution in [1.82, 2.24) is 9.97 Å². The zero-order valence-electron chi connectivity index (χ0n) is 11.0. The number of benzene rings is 1. The molecular formula is C16H19N3. The van der Waals surface area contributed by atoms with Crippen molar-refractivity contribution in [3.05, 3.63) is 42.2 Å². The van der Waals surface area contributed by atoms with E-state index in [0.717, 1.165) is 17.0 Å². The topological polar surface area (TPSA) is 51.8 Å². The van der Waals surface area contributed by atoms with Crippen LogP contribution in [0.2, 0.25) is 0 Å². The summed E-state index contributed by atoms with van der Waals surface area (Å²) in [5.41, 5.74) is 9.15. The van der Waals surface area contributed by atoms with Gasteiger partial charge in [0, 0.05) is 18.0 Å². The molecule has 0 bridgehead atoms. The Hall–Kier alpha value is -1.90. The minimum atomic E-state index is 0.322. The lowest BCUT2D eigenvalue weighted by Gasteiger charge is -2.22. The minimum Gasteiger partial charge on any atom is -0.368 e. The molecule has 2 aromatic rings. The van der Waals surface area contributed by atoms with Crippen LogP contribution in [-0.4, -0.2) is 9.97 Å². The highest BCUT2D eigenvalue weighted by atomic mass is 15.0. The van der Waals surface area contributed by atoms with E-state index in [2.05, 4.69) is 34.2 Å². The average molecular weight is 253 g/mol.